The van der Waals surface area contributed by atoms with E-state index >= 15 is 0 Å². The van der Waals surface area contributed by atoms with Crippen LogP contribution in [0.25, 0.3) is 27.6 Å². The van der Waals surface area contributed by atoms with Crippen LogP contribution in [-0.2, 0) is 10.8 Å². The molecule has 0 atom stereocenters. The van der Waals surface area contributed by atoms with Crippen LogP contribution >= 0.6 is 0 Å². The van der Waals surface area contributed by atoms with Crippen molar-refractivity contribution in [2.45, 2.75) is 52.4 Å². The average Bonchev–Trinajstić information content (AvgIpc) is 3.00. The lowest BCUT2D eigenvalue weighted by Gasteiger charge is -2.19. The number of pyridine rings is 1. The predicted octanol–water partition coefficient (Wildman–Crippen LogP) is 6.65. The van der Waals surface area contributed by atoms with Gasteiger partial charge in [0.25, 0.3) is 0 Å². The summed E-state index contributed by atoms with van der Waals surface area (Å²) in [7, 11) is 0. The van der Waals surface area contributed by atoms with Gasteiger partial charge < -0.3 is 0 Å². The summed E-state index contributed by atoms with van der Waals surface area (Å²) in [4.78, 5) is 4.58. The molecule has 0 fully saturated rings. The maximum absolute atomic E-state index is 9.12. The monoisotopic (exact) mass is 381 g/mol. The molecule has 29 heavy (non-hydrogen) atoms. The van der Waals surface area contributed by atoms with Gasteiger partial charge in [0, 0.05) is 17.0 Å². The van der Waals surface area contributed by atoms with E-state index in [9.17, 15) is 0 Å². The molecule has 146 valence electrons. The number of fused-ring (bicyclic) bond motifs is 3. The zero-order chi connectivity index (χ0) is 21.0. The Morgan fingerprint density at radius 1 is 0.759 bits per heavy atom. The van der Waals surface area contributed by atoms with E-state index in [1.54, 1.807) is 6.20 Å². The molecule has 4 rings (SSSR count). The van der Waals surface area contributed by atoms with Gasteiger partial charge in [0.2, 0.25) is 0 Å². The summed E-state index contributed by atoms with van der Waals surface area (Å²) in [5, 5.41) is 11.6. The molecule has 2 aromatic carbocycles. The quantitative estimate of drug-likeness (QED) is 0.370. The Morgan fingerprint density at radius 3 is 1.66 bits per heavy atom. The van der Waals surface area contributed by atoms with Crippen LogP contribution in [0.3, 0.4) is 0 Å². The summed E-state index contributed by atoms with van der Waals surface area (Å²) in [5.41, 5.74) is 5.64. The van der Waals surface area contributed by atoms with E-state index in [2.05, 4.69) is 93.6 Å². The lowest BCUT2D eigenvalue weighted by atomic mass is 9.85. The first-order valence-corrected chi connectivity index (χ1v) is 10.1. The van der Waals surface area contributed by atoms with Gasteiger partial charge in [0.1, 0.15) is 11.9 Å². The van der Waals surface area contributed by atoms with Gasteiger partial charge in [-0.25, -0.2) is 4.98 Å². The van der Waals surface area contributed by atoms with E-state index < -0.39 is 0 Å². The van der Waals surface area contributed by atoms with Crippen molar-refractivity contribution in [1.29, 1.82) is 5.26 Å². The largest absolute Gasteiger partial charge is 0.294 e. The zero-order valence-corrected chi connectivity index (χ0v) is 18.0. The summed E-state index contributed by atoms with van der Waals surface area (Å²) in [5.74, 6) is 0.830. The molecule has 0 aliphatic carbocycles. The van der Waals surface area contributed by atoms with Crippen LogP contribution in [0, 0.1) is 11.3 Å². The fourth-order valence-electron chi connectivity index (χ4n) is 3.79. The van der Waals surface area contributed by atoms with Crippen molar-refractivity contribution < 1.29 is 0 Å². The maximum Gasteiger partial charge on any atom is 0.137 e. The highest BCUT2D eigenvalue weighted by atomic mass is 15.1. The number of nitriles is 1. The Kier molecular flexibility index (Phi) is 4.28. The van der Waals surface area contributed by atoms with Crippen molar-refractivity contribution in [2.24, 2.45) is 0 Å². The Morgan fingerprint density at radius 2 is 1.28 bits per heavy atom. The van der Waals surface area contributed by atoms with Gasteiger partial charge >= 0.3 is 0 Å². The molecule has 0 aliphatic heterocycles. The molecule has 3 heteroatoms. The second-order valence-corrected chi connectivity index (χ2v) is 9.82. The van der Waals surface area contributed by atoms with Gasteiger partial charge in [0.05, 0.1) is 16.6 Å². The summed E-state index contributed by atoms with van der Waals surface area (Å²) in [6.07, 6.45) is 1.64. The molecule has 2 aromatic heterocycles. The molecule has 4 aromatic rings. The smallest absolute Gasteiger partial charge is 0.137 e. The fraction of sp³-hybridized carbons (Fsp3) is 0.308. The lowest BCUT2D eigenvalue weighted by molar-refractivity contribution is 0.590. The van der Waals surface area contributed by atoms with Gasteiger partial charge in [-0.3, -0.25) is 4.57 Å². The number of hydrogen-bond donors (Lipinski definition) is 0. The van der Waals surface area contributed by atoms with Crippen LogP contribution < -0.4 is 0 Å². The third-order valence-corrected chi connectivity index (χ3v) is 5.60. The minimum Gasteiger partial charge on any atom is -0.294 e. The standard InChI is InChI=1S/C26H27N3/c1-25(2,3)18-8-10-22-20(13-18)21-14-19(26(4,5)6)9-11-23(21)29(22)24-12-7-17(15-27)16-28-24/h7-14,16H,1-6H3. The van der Waals surface area contributed by atoms with Crippen molar-refractivity contribution in [3.8, 4) is 11.9 Å². The number of hydrogen-bond acceptors (Lipinski definition) is 2. The van der Waals surface area contributed by atoms with Crippen molar-refractivity contribution in [1.82, 2.24) is 9.55 Å². The molecule has 0 bridgehead atoms. The Balaban J connectivity index is 2.09. The molecular weight excluding hydrogens is 354 g/mol. The molecule has 3 nitrogen and oxygen atoms in total. The first kappa shape index (κ1) is 19.2. The van der Waals surface area contributed by atoms with Crippen LogP contribution in [0.15, 0.2) is 54.7 Å². The first-order chi connectivity index (χ1) is 13.6. The summed E-state index contributed by atoms with van der Waals surface area (Å²) in [6, 6.07) is 19.4. The molecule has 0 spiro atoms. The highest BCUT2D eigenvalue weighted by molar-refractivity contribution is 6.09. The Bertz CT molecular complexity index is 1180. The molecular formula is C26H27N3. The third-order valence-electron chi connectivity index (χ3n) is 5.60. The van der Waals surface area contributed by atoms with Gasteiger partial charge in [-0.1, -0.05) is 53.7 Å². The molecule has 0 aliphatic rings. The fourth-order valence-corrected chi connectivity index (χ4v) is 3.79. The molecule has 0 amide bonds. The molecule has 0 N–H and O–H groups in total. The second-order valence-electron chi connectivity index (χ2n) is 9.82. The van der Waals surface area contributed by atoms with E-state index in [1.807, 2.05) is 12.1 Å². The molecule has 0 saturated carbocycles. The lowest BCUT2D eigenvalue weighted by Crippen LogP contribution is -2.10. The van der Waals surface area contributed by atoms with E-state index in [1.165, 1.54) is 21.9 Å². The Hall–Kier alpha value is -3.12. The summed E-state index contributed by atoms with van der Waals surface area (Å²) >= 11 is 0. The predicted molar refractivity (Wildman–Crippen MR) is 121 cm³/mol. The third kappa shape index (κ3) is 3.29. The van der Waals surface area contributed by atoms with Crippen molar-refractivity contribution in [2.75, 3.05) is 0 Å². The second kappa shape index (κ2) is 6.46. The minimum absolute atomic E-state index is 0.0803. The van der Waals surface area contributed by atoms with E-state index in [4.69, 9.17) is 5.26 Å². The highest BCUT2D eigenvalue weighted by Crippen LogP contribution is 2.37. The number of nitrogens with zero attached hydrogens (tertiary/aromatic N) is 3. The average molecular weight is 382 g/mol. The molecule has 2 heterocycles. The van der Waals surface area contributed by atoms with Gasteiger partial charge in [-0.15, -0.1) is 0 Å². The number of benzene rings is 2. The van der Waals surface area contributed by atoms with Crippen LogP contribution in [0.5, 0.6) is 0 Å². The van der Waals surface area contributed by atoms with Gasteiger partial charge in [-0.05, 0) is 58.4 Å². The minimum atomic E-state index is 0.0803. The van der Waals surface area contributed by atoms with E-state index in [0.717, 1.165) is 16.9 Å². The van der Waals surface area contributed by atoms with Crippen LogP contribution in [0.4, 0.5) is 0 Å². The van der Waals surface area contributed by atoms with Crippen LogP contribution in [0.2, 0.25) is 0 Å². The molecule has 0 unspecified atom stereocenters. The van der Waals surface area contributed by atoms with Crippen molar-refractivity contribution >= 4 is 21.8 Å². The summed E-state index contributed by atoms with van der Waals surface area (Å²) < 4.78 is 2.20. The highest BCUT2D eigenvalue weighted by Gasteiger charge is 2.20. The van der Waals surface area contributed by atoms with E-state index in [-0.39, 0.29) is 10.8 Å². The number of aromatic nitrogens is 2. The normalized spacial score (nSPS) is 12.4. The van der Waals surface area contributed by atoms with Crippen LogP contribution in [0.1, 0.15) is 58.2 Å². The maximum atomic E-state index is 9.12. The first-order valence-electron chi connectivity index (χ1n) is 10.1. The summed E-state index contributed by atoms with van der Waals surface area (Å²) in [6.45, 7) is 13.5. The number of rotatable bonds is 1. The molecule has 0 radical (unpaired) electrons. The zero-order valence-electron chi connectivity index (χ0n) is 18.0. The van der Waals surface area contributed by atoms with Crippen LogP contribution in [-0.4, -0.2) is 9.55 Å². The van der Waals surface area contributed by atoms with Gasteiger partial charge in [0.15, 0.2) is 0 Å². The molecule has 0 saturated heterocycles. The van der Waals surface area contributed by atoms with Crippen molar-refractivity contribution in [3.63, 3.8) is 0 Å². The SMILES string of the molecule is CC(C)(C)c1ccc2c(c1)c1cc(C(C)(C)C)ccc1n2-c1ccc(C#N)cn1. The Labute approximate surface area is 172 Å². The van der Waals surface area contributed by atoms with E-state index in [0.29, 0.717) is 5.56 Å². The van der Waals surface area contributed by atoms with Gasteiger partial charge in [-0.2, -0.15) is 5.26 Å². The van der Waals surface area contributed by atoms with Crippen molar-refractivity contribution in [3.05, 3.63) is 71.4 Å². The topological polar surface area (TPSA) is 41.6 Å².